The highest BCUT2D eigenvalue weighted by Gasteiger charge is 2.31. The Labute approximate surface area is 206 Å². The Bertz CT molecular complexity index is 1320. The molecule has 1 aliphatic rings. The van der Waals surface area contributed by atoms with Crippen molar-refractivity contribution < 1.29 is 28.5 Å². The number of allylic oxidation sites excluding steroid dienone is 2. The Morgan fingerprint density at radius 2 is 1.74 bits per heavy atom. The summed E-state index contributed by atoms with van der Waals surface area (Å²) in [7, 11) is 4.46. The maximum absolute atomic E-state index is 13.2. The summed E-state index contributed by atoms with van der Waals surface area (Å²) in [6.07, 6.45) is 2.56. The number of benzene rings is 2. The molecule has 10 heteroatoms. The third-order valence-electron chi connectivity index (χ3n) is 5.06. The van der Waals surface area contributed by atoms with Crippen LogP contribution in [0.25, 0.3) is 10.9 Å². The van der Waals surface area contributed by atoms with E-state index in [0.29, 0.717) is 41.4 Å². The topological polar surface area (TPSA) is 109 Å². The van der Waals surface area contributed by atoms with Gasteiger partial charge in [-0.25, -0.2) is 9.97 Å². The number of aromatic nitrogens is 2. The molecule has 0 saturated carbocycles. The first-order valence-corrected chi connectivity index (χ1v) is 11.4. The number of carbonyl (C=O) groups is 2. The van der Waals surface area contributed by atoms with Crippen LogP contribution in [0.5, 0.6) is 11.5 Å². The average molecular weight is 494 g/mol. The lowest BCUT2D eigenvalue weighted by Crippen LogP contribution is -2.24. The largest absolute Gasteiger partial charge is 0.493 e. The van der Waals surface area contributed by atoms with Crippen molar-refractivity contribution in [1.82, 2.24) is 9.97 Å². The van der Waals surface area contributed by atoms with E-state index in [1.54, 1.807) is 19.2 Å². The molecule has 0 radical (unpaired) electrons. The maximum Gasteiger partial charge on any atom is 0.245 e. The molecule has 35 heavy (non-hydrogen) atoms. The normalized spacial score (nSPS) is 13.6. The van der Waals surface area contributed by atoms with E-state index < -0.39 is 5.78 Å². The summed E-state index contributed by atoms with van der Waals surface area (Å²) in [5, 5.41) is 3.64. The van der Waals surface area contributed by atoms with Gasteiger partial charge in [-0.05, 0) is 18.2 Å². The molecular weight excluding hydrogens is 470 g/mol. The molecular formula is C25H23N3O6S. The van der Waals surface area contributed by atoms with Crippen molar-refractivity contribution in [1.29, 1.82) is 0 Å². The molecule has 0 spiro atoms. The predicted molar refractivity (Wildman–Crippen MR) is 132 cm³/mol. The second-order valence-electron chi connectivity index (χ2n) is 7.23. The molecule has 2 aromatic carbocycles. The highest BCUT2D eigenvalue weighted by atomic mass is 32.2. The van der Waals surface area contributed by atoms with Crippen molar-refractivity contribution in [2.45, 2.75) is 4.90 Å². The van der Waals surface area contributed by atoms with Crippen LogP contribution in [0.2, 0.25) is 0 Å². The Kier molecular flexibility index (Phi) is 7.64. The van der Waals surface area contributed by atoms with Gasteiger partial charge in [-0.15, -0.1) is 0 Å². The number of ketones is 2. The highest BCUT2D eigenvalue weighted by Crippen LogP contribution is 2.37. The maximum atomic E-state index is 13.2. The first kappa shape index (κ1) is 24.2. The summed E-state index contributed by atoms with van der Waals surface area (Å²) in [6, 6.07) is 12.8. The number of thioether (sulfide) groups is 1. The highest BCUT2D eigenvalue weighted by molar-refractivity contribution is 8.04. The lowest BCUT2D eigenvalue weighted by molar-refractivity contribution is -0.117. The fraction of sp³-hybridized carbons (Fsp3) is 0.200. The van der Waals surface area contributed by atoms with Gasteiger partial charge in [-0.2, -0.15) is 0 Å². The van der Waals surface area contributed by atoms with Crippen molar-refractivity contribution in [3.05, 3.63) is 71.2 Å². The molecule has 0 saturated heterocycles. The number of anilines is 1. The summed E-state index contributed by atoms with van der Waals surface area (Å²) in [6.45, 7) is 0.754. The first-order valence-electron chi connectivity index (χ1n) is 10.6. The number of Topliss-reactive ketones (excluding diaryl/α,β-unsaturated/α-hetero) is 1. The van der Waals surface area contributed by atoms with Crippen LogP contribution >= 0.6 is 11.8 Å². The number of carbonyl (C=O) groups excluding carboxylic acids is 2. The summed E-state index contributed by atoms with van der Waals surface area (Å²) in [5.74, 6) is 0.431. The van der Waals surface area contributed by atoms with E-state index in [4.69, 9.17) is 18.9 Å². The average Bonchev–Trinajstić information content (AvgIpc) is 2.88. The second kappa shape index (κ2) is 11.0. The summed E-state index contributed by atoms with van der Waals surface area (Å²) in [4.78, 5) is 35.8. The van der Waals surface area contributed by atoms with Crippen LogP contribution in [-0.2, 0) is 19.1 Å². The summed E-state index contributed by atoms with van der Waals surface area (Å²) >= 11 is 1.19. The van der Waals surface area contributed by atoms with Gasteiger partial charge in [0.15, 0.2) is 23.0 Å². The Morgan fingerprint density at radius 3 is 2.46 bits per heavy atom. The van der Waals surface area contributed by atoms with Crippen LogP contribution in [-0.4, -0.2) is 56.1 Å². The molecule has 0 amide bonds. The standard InChI is InChI=1S/C25H23N3O6S/c1-31-9-10-34-20-12-17-16(11-19(20)32-2)25(27-14-26-17)28-22-23(30)21(33-3)13-18(29)24(22)35-15-7-5-4-6-8-15/h4-8,11-14H,9-10H2,1-3H3,(H,26,27,28). The molecule has 1 N–H and O–H groups in total. The third kappa shape index (κ3) is 5.28. The zero-order valence-electron chi connectivity index (χ0n) is 19.4. The fourth-order valence-electron chi connectivity index (χ4n) is 3.36. The van der Waals surface area contributed by atoms with Gasteiger partial charge in [0.05, 0.1) is 31.2 Å². The lowest BCUT2D eigenvalue weighted by atomic mass is 10.1. The van der Waals surface area contributed by atoms with E-state index in [1.807, 2.05) is 30.3 Å². The zero-order chi connectivity index (χ0) is 24.8. The van der Waals surface area contributed by atoms with Gasteiger partial charge in [0, 0.05) is 29.5 Å². The van der Waals surface area contributed by atoms with E-state index in [1.165, 1.54) is 38.4 Å². The van der Waals surface area contributed by atoms with Crippen LogP contribution in [0, 0.1) is 0 Å². The minimum absolute atomic E-state index is 0.0558. The molecule has 1 heterocycles. The van der Waals surface area contributed by atoms with Gasteiger partial charge in [0.1, 0.15) is 24.4 Å². The molecule has 1 aliphatic carbocycles. The molecule has 0 unspecified atom stereocenters. The van der Waals surface area contributed by atoms with Gasteiger partial charge < -0.3 is 24.3 Å². The number of nitrogens with zero attached hydrogens (tertiary/aromatic N) is 2. The number of ether oxygens (including phenoxy) is 4. The van der Waals surface area contributed by atoms with Crippen molar-refractivity contribution >= 4 is 40.0 Å². The van der Waals surface area contributed by atoms with Crippen molar-refractivity contribution in [3.63, 3.8) is 0 Å². The number of rotatable bonds is 10. The molecule has 0 atom stereocenters. The van der Waals surface area contributed by atoms with Crippen LogP contribution in [0.1, 0.15) is 0 Å². The number of nitrogens with one attached hydrogen (secondary N) is 1. The predicted octanol–water partition coefficient (Wildman–Crippen LogP) is 3.76. The minimum atomic E-state index is -0.455. The molecule has 3 aromatic rings. The van der Waals surface area contributed by atoms with Gasteiger partial charge in [0.2, 0.25) is 5.78 Å². The summed E-state index contributed by atoms with van der Waals surface area (Å²) < 4.78 is 21.4. The molecule has 0 bridgehead atoms. The Balaban J connectivity index is 1.77. The van der Waals surface area contributed by atoms with Crippen molar-refractivity contribution in [2.75, 3.05) is 39.9 Å². The van der Waals surface area contributed by atoms with E-state index in [9.17, 15) is 9.59 Å². The Hall–Kier alpha value is -3.89. The third-order valence-corrected chi connectivity index (χ3v) is 6.17. The van der Waals surface area contributed by atoms with Crippen LogP contribution < -0.4 is 14.8 Å². The zero-order valence-corrected chi connectivity index (χ0v) is 20.2. The van der Waals surface area contributed by atoms with Crippen molar-refractivity contribution in [3.8, 4) is 11.5 Å². The molecule has 0 aliphatic heterocycles. The van der Waals surface area contributed by atoms with Gasteiger partial charge in [-0.1, -0.05) is 30.0 Å². The quantitative estimate of drug-likeness (QED) is 0.331. The number of methoxy groups -OCH3 is 3. The molecule has 1 aromatic heterocycles. The summed E-state index contributed by atoms with van der Waals surface area (Å²) in [5.41, 5.74) is 0.633. The van der Waals surface area contributed by atoms with E-state index in [2.05, 4.69) is 15.3 Å². The van der Waals surface area contributed by atoms with Crippen LogP contribution in [0.3, 0.4) is 0 Å². The van der Waals surface area contributed by atoms with Crippen LogP contribution in [0.4, 0.5) is 5.82 Å². The van der Waals surface area contributed by atoms with Gasteiger partial charge >= 0.3 is 0 Å². The molecule has 180 valence electrons. The molecule has 0 fully saturated rings. The molecule has 4 rings (SSSR count). The SMILES string of the molecule is COCCOc1cc2ncnc(NC3=C(Sc4ccccc4)C(=O)C=C(OC)C3=O)c2cc1OC. The second-order valence-corrected chi connectivity index (χ2v) is 8.32. The number of hydrogen-bond donors (Lipinski definition) is 1. The van der Waals surface area contributed by atoms with E-state index >= 15 is 0 Å². The van der Waals surface area contributed by atoms with Gasteiger partial charge in [0.25, 0.3) is 0 Å². The molecule has 9 nitrogen and oxygen atoms in total. The smallest absolute Gasteiger partial charge is 0.245 e. The first-order chi connectivity index (χ1) is 17.0. The van der Waals surface area contributed by atoms with E-state index in [-0.39, 0.29) is 22.1 Å². The van der Waals surface area contributed by atoms with Gasteiger partial charge in [-0.3, -0.25) is 9.59 Å². The number of hydrogen-bond acceptors (Lipinski definition) is 10. The number of fused-ring (bicyclic) bond motifs is 1. The monoisotopic (exact) mass is 493 g/mol. The van der Waals surface area contributed by atoms with Crippen molar-refractivity contribution in [2.24, 2.45) is 0 Å². The Morgan fingerprint density at radius 1 is 0.943 bits per heavy atom. The fourth-order valence-corrected chi connectivity index (χ4v) is 4.30. The minimum Gasteiger partial charge on any atom is -0.493 e. The van der Waals surface area contributed by atoms with Crippen LogP contribution in [0.15, 0.2) is 76.1 Å². The van der Waals surface area contributed by atoms with E-state index in [0.717, 1.165) is 4.90 Å². The lowest BCUT2D eigenvalue weighted by Gasteiger charge is -2.20.